The van der Waals surface area contributed by atoms with Gasteiger partial charge in [0.1, 0.15) is 5.69 Å². The van der Waals surface area contributed by atoms with Gasteiger partial charge in [-0.05, 0) is 73.8 Å². The molecular formula is C30H30N8. The summed E-state index contributed by atoms with van der Waals surface area (Å²) in [5.74, 6) is 0. The van der Waals surface area contributed by atoms with Gasteiger partial charge in [0.2, 0.25) is 0 Å². The molecule has 0 radical (unpaired) electrons. The molecule has 0 bridgehead atoms. The van der Waals surface area contributed by atoms with E-state index in [-0.39, 0.29) is 0 Å². The van der Waals surface area contributed by atoms with Crippen LogP contribution < -0.4 is 5.32 Å². The van der Waals surface area contributed by atoms with Crippen molar-refractivity contribution in [2.45, 2.75) is 32.7 Å². The molecule has 0 atom stereocenters. The Morgan fingerprint density at radius 2 is 1.76 bits per heavy atom. The molecule has 38 heavy (non-hydrogen) atoms. The third-order valence-corrected chi connectivity index (χ3v) is 7.17. The van der Waals surface area contributed by atoms with Gasteiger partial charge in [0.25, 0.3) is 0 Å². The molecule has 6 rings (SSSR count). The summed E-state index contributed by atoms with van der Waals surface area (Å²) in [5.41, 5.74) is 9.41. The number of likely N-dealkylation sites (tertiary alicyclic amines) is 1. The van der Waals surface area contributed by atoms with Crippen LogP contribution in [0.1, 0.15) is 36.1 Å². The Balaban J connectivity index is 1.26. The van der Waals surface area contributed by atoms with Crippen molar-refractivity contribution >= 4 is 22.3 Å². The normalized spacial score (nSPS) is 14.0. The molecule has 8 nitrogen and oxygen atoms in total. The van der Waals surface area contributed by atoms with Crippen molar-refractivity contribution in [1.82, 2.24) is 35.0 Å². The fraction of sp³-hybridized carbons (Fsp3) is 0.233. The van der Waals surface area contributed by atoms with Crippen molar-refractivity contribution in [3.05, 3.63) is 91.0 Å². The third-order valence-electron chi connectivity index (χ3n) is 7.17. The van der Waals surface area contributed by atoms with Crippen LogP contribution in [-0.2, 0) is 6.54 Å². The standard InChI is InChI=1S/C30H30N8/c1-20-26(23-6-8-31-9-7-23)16-33-17-28(20)35-21(2)30-25-13-27(34-18-29(25)36-37-30)24-12-22(14-32-15-24)19-38-10-4-3-5-11-38/h6-9,12-18,35H,2-5,10-11,19H2,1H3,(H,36,37). The van der Waals surface area contributed by atoms with Crippen molar-refractivity contribution in [3.8, 4) is 22.4 Å². The SMILES string of the molecule is C=C(Nc1cncc(-c2ccncc2)c1C)c1n[nH]c2cnc(-c3cncc(CN4CCCCC4)c3)cc12. The molecule has 2 N–H and O–H groups in total. The summed E-state index contributed by atoms with van der Waals surface area (Å²) in [6.07, 6.45) is 16.8. The number of nitrogens with zero attached hydrogens (tertiary/aromatic N) is 6. The van der Waals surface area contributed by atoms with Crippen LogP contribution in [0.25, 0.3) is 39.0 Å². The zero-order valence-electron chi connectivity index (χ0n) is 21.5. The first-order chi connectivity index (χ1) is 18.7. The second-order valence-corrected chi connectivity index (χ2v) is 9.81. The molecule has 5 aromatic rings. The first kappa shape index (κ1) is 23.9. The summed E-state index contributed by atoms with van der Waals surface area (Å²) in [6, 6.07) is 8.22. The Kier molecular flexibility index (Phi) is 6.62. The van der Waals surface area contributed by atoms with E-state index in [1.165, 1.54) is 24.8 Å². The summed E-state index contributed by atoms with van der Waals surface area (Å²) in [4.78, 5) is 20.3. The topological polar surface area (TPSA) is 95.5 Å². The van der Waals surface area contributed by atoms with Crippen molar-refractivity contribution < 1.29 is 0 Å². The number of anilines is 1. The second kappa shape index (κ2) is 10.5. The lowest BCUT2D eigenvalue weighted by Gasteiger charge is -2.26. The number of aromatic nitrogens is 6. The molecule has 0 unspecified atom stereocenters. The van der Waals surface area contributed by atoms with Gasteiger partial charge in [-0.15, -0.1) is 0 Å². The fourth-order valence-corrected chi connectivity index (χ4v) is 5.09. The molecule has 0 amide bonds. The van der Waals surface area contributed by atoms with Crippen LogP contribution in [0.2, 0.25) is 0 Å². The number of hydrogen-bond acceptors (Lipinski definition) is 7. The maximum atomic E-state index is 4.69. The van der Waals surface area contributed by atoms with Crippen LogP contribution in [0, 0.1) is 6.92 Å². The van der Waals surface area contributed by atoms with Gasteiger partial charge in [0.05, 0.1) is 35.0 Å². The Hall–Kier alpha value is -4.43. The average Bonchev–Trinajstić information content (AvgIpc) is 3.39. The number of H-pyrrole nitrogens is 1. The Morgan fingerprint density at radius 1 is 0.947 bits per heavy atom. The molecule has 1 aliphatic heterocycles. The highest BCUT2D eigenvalue weighted by atomic mass is 15.1. The number of hydrogen-bond donors (Lipinski definition) is 2. The molecule has 0 aromatic carbocycles. The molecule has 0 spiro atoms. The first-order valence-corrected chi connectivity index (χ1v) is 13.0. The summed E-state index contributed by atoms with van der Waals surface area (Å²) in [7, 11) is 0. The maximum absolute atomic E-state index is 4.69. The molecule has 5 aromatic heterocycles. The van der Waals surface area contributed by atoms with Gasteiger partial charge in [-0.1, -0.05) is 13.0 Å². The predicted octanol–water partition coefficient (Wildman–Crippen LogP) is 5.85. The lowest BCUT2D eigenvalue weighted by atomic mass is 10.0. The lowest BCUT2D eigenvalue weighted by Crippen LogP contribution is -2.29. The van der Waals surface area contributed by atoms with Crippen molar-refractivity contribution in [2.75, 3.05) is 18.4 Å². The number of fused-ring (bicyclic) bond motifs is 1. The molecule has 8 heteroatoms. The largest absolute Gasteiger partial charge is 0.353 e. The zero-order valence-corrected chi connectivity index (χ0v) is 21.5. The van der Waals surface area contributed by atoms with E-state index in [2.05, 4.69) is 61.0 Å². The Bertz CT molecular complexity index is 1590. The average molecular weight is 503 g/mol. The predicted molar refractivity (Wildman–Crippen MR) is 151 cm³/mol. The van der Waals surface area contributed by atoms with E-state index in [0.29, 0.717) is 5.70 Å². The van der Waals surface area contributed by atoms with Gasteiger partial charge in [-0.2, -0.15) is 5.10 Å². The van der Waals surface area contributed by atoms with E-state index in [4.69, 9.17) is 4.98 Å². The van der Waals surface area contributed by atoms with E-state index < -0.39 is 0 Å². The minimum absolute atomic E-state index is 0.683. The number of piperidine rings is 1. The summed E-state index contributed by atoms with van der Waals surface area (Å²) < 4.78 is 0. The van der Waals surface area contributed by atoms with Gasteiger partial charge in [-0.25, -0.2) is 0 Å². The number of aromatic amines is 1. The molecule has 1 fully saturated rings. The number of nitrogens with one attached hydrogen (secondary N) is 2. The fourth-order valence-electron chi connectivity index (χ4n) is 5.09. The minimum Gasteiger partial charge on any atom is -0.353 e. The number of pyridine rings is 4. The van der Waals surface area contributed by atoms with E-state index in [0.717, 1.165) is 69.9 Å². The maximum Gasteiger partial charge on any atom is 0.116 e. The first-order valence-electron chi connectivity index (χ1n) is 13.0. The quantitative estimate of drug-likeness (QED) is 0.288. The van der Waals surface area contributed by atoms with Crippen LogP contribution >= 0.6 is 0 Å². The smallest absolute Gasteiger partial charge is 0.116 e. The minimum atomic E-state index is 0.683. The van der Waals surface area contributed by atoms with Gasteiger partial charge in [-0.3, -0.25) is 29.9 Å². The van der Waals surface area contributed by atoms with Crippen LogP contribution in [0.3, 0.4) is 0 Å². The van der Waals surface area contributed by atoms with E-state index in [1.807, 2.05) is 43.1 Å². The van der Waals surface area contributed by atoms with E-state index in [1.54, 1.807) is 12.4 Å². The molecule has 0 saturated carbocycles. The highest BCUT2D eigenvalue weighted by molar-refractivity contribution is 5.94. The van der Waals surface area contributed by atoms with Gasteiger partial charge < -0.3 is 5.32 Å². The van der Waals surface area contributed by atoms with Crippen LogP contribution in [0.15, 0.2) is 74.2 Å². The molecule has 6 heterocycles. The summed E-state index contributed by atoms with van der Waals surface area (Å²) in [6.45, 7) is 9.60. The van der Waals surface area contributed by atoms with Gasteiger partial charge >= 0.3 is 0 Å². The number of rotatable bonds is 7. The monoisotopic (exact) mass is 502 g/mol. The van der Waals surface area contributed by atoms with Crippen LogP contribution in [0.4, 0.5) is 5.69 Å². The molecule has 1 saturated heterocycles. The molecule has 0 aliphatic carbocycles. The zero-order chi connectivity index (χ0) is 25.9. The van der Waals surface area contributed by atoms with Crippen molar-refractivity contribution in [2.24, 2.45) is 0 Å². The van der Waals surface area contributed by atoms with Crippen LogP contribution in [-0.4, -0.2) is 48.1 Å². The third kappa shape index (κ3) is 4.90. The van der Waals surface area contributed by atoms with Crippen molar-refractivity contribution in [3.63, 3.8) is 0 Å². The molecular weight excluding hydrogens is 472 g/mol. The molecule has 190 valence electrons. The van der Waals surface area contributed by atoms with Gasteiger partial charge in [0, 0.05) is 54.0 Å². The van der Waals surface area contributed by atoms with Crippen molar-refractivity contribution in [1.29, 1.82) is 0 Å². The Labute approximate surface area is 221 Å². The highest BCUT2D eigenvalue weighted by Gasteiger charge is 2.15. The second-order valence-electron chi connectivity index (χ2n) is 9.81. The summed E-state index contributed by atoms with van der Waals surface area (Å²) >= 11 is 0. The van der Waals surface area contributed by atoms with Crippen LogP contribution in [0.5, 0.6) is 0 Å². The molecule has 1 aliphatic rings. The lowest BCUT2D eigenvalue weighted by molar-refractivity contribution is 0.220. The van der Waals surface area contributed by atoms with E-state index in [9.17, 15) is 0 Å². The van der Waals surface area contributed by atoms with E-state index >= 15 is 0 Å². The van der Waals surface area contributed by atoms with Gasteiger partial charge in [0.15, 0.2) is 0 Å². The Morgan fingerprint density at radius 3 is 2.61 bits per heavy atom. The summed E-state index contributed by atoms with van der Waals surface area (Å²) in [5, 5.41) is 12.0. The highest BCUT2D eigenvalue weighted by Crippen LogP contribution is 2.31.